The van der Waals surface area contributed by atoms with E-state index in [1.165, 1.54) is 0 Å². The number of para-hydroxylation sites is 1. The minimum absolute atomic E-state index is 0.211. The van der Waals surface area contributed by atoms with Crippen LogP contribution in [0.3, 0.4) is 0 Å². The third kappa shape index (κ3) is 1.56. The first kappa shape index (κ1) is 9.03. The Hall–Kier alpha value is -1.54. The van der Waals surface area contributed by atoms with Crippen LogP contribution >= 0.6 is 11.6 Å². The average molecular weight is 206 g/mol. The maximum atomic E-state index is 9.60. The molecule has 0 radical (unpaired) electrons. The van der Waals surface area contributed by atoms with Gasteiger partial charge < -0.3 is 5.11 Å². The molecule has 14 heavy (non-hydrogen) atoms. The first-order valence-electron chi connectivity index (χ1n) is 4.18. The van der Waals surface area contributed by atoms with Crippen molar-refractivity contribution < 1.29 is 5.11 Å². The monoisotopic (exact) mass is 205 g/mol. The lowest BCUT2D eigenvalue weighted by atomic mass is 10.1. The van der Waals surface area contributed by atoms with Crippen molar-refractivity contribution in [3.8, 4) is 16.9 Å². The largest absolute Gasteiger partial charge is 0.507 e. The molecule has 70 valence electrons. The molecule has 0 aliphatic carbocycles. The fourth-order valence-corrected chi connectivity index (χ4v) is 1.51. The molecule has 0 amide bonds. The van der Waals surface area contributed by atoms with E-state index in [1.807, 2.05) is 12.1 Å². The highest BCUT2D eigenvalue weighted by Crippen LogP contribution is 2.32. The van der Waals surface area contributed by atoms with Gasteiger partial charge in [0, 0.05) is 17.3 Å². The predicted octanol–water partition coefficient (Wildman–Crippen LogP) is 3.11. The summed E-state index contributed by atoms with van der Waals surface area (Å²) in [7, 11) is 0. The Morgan fingerprint density at radius 2 is 1.71 bits per heavy atom. The summed E-state index contributed by atoms with van der Waals surface area (Å²) in [5, 5.41) is 10.00. The number of nitrogens with zero attached hydrogens (tertiary/aromatic N) is 1. The van der Waals surface area contributed by atoms with Gasteiger partial charge >= 0.3 is 0 Å². The van der Waals surface area contributed by atoms with E-state index in [-0.39, 0.29) is 5.75 Å². The highest BCUT2D eigenvalue weighted by molar-refractivity contribution is 6.32. The molecule has 0 saturated carbocycles. The predicted molar refractivity (Wildman–Crippen MR) is 56.3 cm³/mol. The van der Waals surface area contributed by atoms with Crippen LogP contribution in [0.2, 0.25) is 5.15 Å². The summed E-state index contributed by atoms with van der Waals surface area (Å²) in [5.41, 5.74) is 1.44. The zero-order valence-corrected chi connectivity index (χ0v) is 8.07. The van der Waals surface area contributed by atoms with Gasteiger partial charge in [-0.25, -0.2) is 4.98 Å². The molecule has 0 atom stereocenters. The molecule has 0 aliphatic heterocycles. The van der Waals surface area contributed by atoms with Crippen LogP contribution in [0.5, 0.6) is 5.75 Å². The van der Waals surface area contributed by atoms with Gasteiger partial charge in [0.05, 0.1) is 0 Å². The molecular weight excluding hydrogens is 198 g/mol. The highest BCUT2D eigenvalue weighted by Gasteiger charge is 2.06. The number of hydrogen-bond acceptors (Lipinski definition) is 2. The van der Waals surface area contributed by atoms with Crippen LogP contribution in [-0.2, 0) is 0 Å². The summed E-state index contributed by atoms with van der Waals surface area (Å²) in [4.78, 5) is 3.95. The van der Waals surface area contributed by atoms with Crippen LogP contribution in [0.25, 0.3) is 11.1 Å². The number of benzene rings is 1. The number of rotatable bonds is 1. The van der Waals surface area contributed by atoms with Crippen molar-refractivity contribution in [2.75, 3.05) is 0 Å². The highest BCUT2D eigenvalue weighted by atomic mass is 35.5. The van der Waals surface area contributed by atoms with E-state index in [4.69, 9.17) is 11.6 Å². The molecule has 2 rings (SSSR count). The lowest BCUT2D eigenvalue weighted by molar-refractivity contribution is 0.477. The van der Waals surface area contributed by atoms with Gasteiger partial charge in [-0.05, 0) is 18.2 Å². The lowest BCUT2D eigenvalue weighted by Gasteiger charge is -2.04. The fraction of sp³-hybridized carbons (Fsp3) is 0. The third-order valence-corrected chi connectivity index (χ3v) is 2.25. The van der Waals surface area contributed by atoms with Crippen LogP contribution in [0.4, 0.5) is 0 Å². The summed E-state index contributed by atoms with van der Waals surface area (Å²) >= 11 is 5.91. The van der Waals surface area contributed by atoms with Gasteiger partial charge in [0.15, 0.2) is 0 Å². The molecule has 0 saturated heterocycles. The van der Waals surface area contributed by atoms with E-state index < -0.39 is 0 Å². The zero-order valence-electron chi connectivity index (χ0n) is 7.31. The van der Waals surface area contributed by atoms with Gasteiger partial charge in [-0.15, -0.1) is 0 Å². The van der Waals surface area contributed by atoms with Gasteiger partial charge in [0.1, 0.15) is 10.9 Å². The number of aromatic hydroxyl groups is 1. The van der Waals surface area contributed by atoms with Gasteiger partial charge in [-0.2, -0.15) is 0 Å². The maximum Gasteiger partial charge on any atom is 0.136 e. The Balaban J connectivity index is 2.61. The van der Waals surface area contributed by atoms with Crippen molar-refractivity contribution in [2.24, 2.45) is 0 Å². The fourth-order valence-electron chi connectivity index (χ4n) is 1.29. The van der Waals surface area contributed by atoms with E-state index in [9.17, 15) is 5.11 Å². The van der Waals surface area contributed by atoms with E-state index in [1.54, 1.807) is 30.5 Å². The molecule has 0 bridgehead atoms. The summed E-state index contributed by atoms with van der Waals surface area (Å²) in [6.45, 7) is 0. The molecule has 2 aromatic rings. The molecule has 1 heterocycles. The number of pyridine rings is 1. The minimum atomic E-state index is 0.211. The second-order valence-electron chi connectivity index (χ2n) is 2.86. The van der Waals surface area contributed by atoms with Gasteiger partial charge in [0.25, 0.3) is 0 Å². The van der Waals surface area contributed by atoms with Crippen molar-refractivity contribution >= 4 is 11.6 Å². The van der Waals surface area contributed by atoms with Crippen LogP contribution in [-0.4, -0.2) is 10.1 Å². The first-order valence-corrected chi connectivity index (χ1v) is 4.56. The van der Waals surface area contributed by atoms with Crippen LogP contribution in [0.15, 0.2) is 42.6 Å². The quantitative estimate of drug-likeness (QED) is 0.726. The van der Waals surface area contributed by atoms with Crippen LogP contribution < -0.4 is 0 Å². The third-order valence-electron chi connectivity index (χ3n) is 1.95. The molecule has 1 aromatic heterocycles. The summed E-state index contributed by atoms with van der Waals surface area (Å²) in [5.74, 6) is 0.211. The Morgan fingerprint density at radius 1 is 1.00 bits per heavy atom. The molecule has 0 spiro atoms. The minimum Gasteiger partial charge on any atom is -0.507 e. The van der Waals surface area contributed by atoms with E-state index in [0.29, 0.717) is 10.7 Å². The number of halogens is 1. The van der Waals surface area contributed by atoms with E-state index in [0.717, 1.165) is 5.56 Å². The number of hydrogen-bond donors (Lipinski definition) is 1. The Morgan fingerprint density at radius 3 is 2.43 bits per heavy atom. The first-order chi connectivity index (χ1) is 6.79. The van der Waals surface area contributed by atoms with Crippen molar-refractivity contribution in [1.29, 1.82) is 0 Å². The molecule has 0 unspecified atom stereocenters. The smallest absolute Gasteiger partial charge is 0.136 e. The second kappa shape index (κ2) is 3.68. The van der Waals surface area contributed by atoms with E-state index in [2.05, 4.69) is 4.98 Å². The second-order valence-corrected chi connectivity index (χ2v) is 3.22. The maximum absolute atomic E-state index is 9.60. The normalized spacial score (nSPS) is 10.1. The van der Waals surface area contributed by atoms with Crippen molar-refractivity contribution in [1.82, 2.24) is 4.98 Å². The summed E-state index contributed by atoms with van der Waals surface area (Å²) in [6, 6.07) is 10.6. The zero-order chi connectivity index (χ0) is 9.97. The lowest BCUT2D eigenvalue weighted by Crippen LogP contribution is -1.82. The topological polar surface area (TPSA) is 33.1 Å². The molecule has 0 fully saturated rings. The molecule has 1 aromatic carbocycles. The van der Waals surface area contributed by atoms with Crippen LogP contribution in [0, 0.1) is 0 Å². The van der Waals surface area contributed by atoms with Crippen LogP contribution in [0.1, 0.15) is 0 Å². The number of phenolic OH excluding ortho intramolecular Hbond substituents is 1. The average Bonchev–Trinajstić information content (AvgIpc) is 2.20. The Bertz CT molecular complexity index is 413. The Kier molecular flexibility index (Phi) is 2.37. The summed E-state index contributed by atoms with van der Waals surface area (Å²) < 4.78 is 0. The van der Waals surface area contributed by atoms with E-state index >= 15 is 0 Å². The van der Waals surface area contributed by atoms with Crippen molar-refractivity contribution in [3.05, 3.63) is 47.7 Å². The number of aromatic nitrogens is 1. The molecule has 1 N–H and O–H groups in total. The van der Waals surface area contributed by atoms with Gasteiger partial charge in [-0.1, -0.05) is 29.8 Å². The molecule has 3 heteroatoms. The summed E-state index contributed by atoms with van der Waals surface area (Å²) in [6.07, 6.45) is 1.62. The number of phenols is 1. The SMILES string of the molecule is Oc1ccccc1-c1cccnc1Cl. The molecule has 0 aliphatic rings. The van der Waals surface area contributed by atoms with Gasteiger partial charge in [-0.3, -0.25) is 0 Å². The van der Waals surface area contributed by atoms with Crippen molar-refractivity contribution in [2.45, 2.75) is 0 Å². The van der Waals surface area contributed by atoms with Gasteiger partial charge in [0.2, 0.25) is 0 Å². The molecule has 2 nitrogen and oxygen atoms in total. The Labute approximate surface area is 86.8 Å². The van der Waals surface area contributed by atoms with Crippen molar-refractivity contribution in [3.63, 3.8) is 0 Å². The molecular formula is C11H8ClNO. The standard InChI is InChI=1S/C11H8ClNO/c12-11-9(5-3-7-13-11)8-4-1-2-6-10(8)14/h1-7,14H.